The lowest BCUT2D eigenvalue weighted by Gasteiger charge is -2.26. The Morgan fingerprint density at radius 2 is 2.05 bits per heavy atom. The van der Waals surface area contributed by atoms with Crippen molar-refractivity contribution in [2.24, 2.45) is 7.05 Å². The highest BCUT2D eigenvalue weighted by Gasteiger charge is 2.17. The van der Waals surface area contributed by atoms with Crippen LogP contribution < -0.4 is 10.2 Å². The maximum absolute atomic E-state index is 5.36. The number of aryl methyl sites for hydroxylation is 1. The Bertz CT molecular complexity index is 611. The van der Waals surface area contributed by atoms with E-state index in [9.17, 15) is 0 Å². The first-order chi connectivity index (χ1) is 10.3. The van der Waals surface area contributed by atoms with Crippen molar-refractivity contribution in [3.8, 4) is 0 Å². The van der Waals surface area contributed by atoms with Gasteiger partial charge in [0.1, 0.15) is 0 Å². The number of imidazole rings is 1. The highest BCUT2D eigenvalue weighted by Crippen LogP contribution is 2.25. The first kappa shape index (κ1) is 14.1. The van der Waals surface area contributed by atoms with Gasteiger partial charge in [0.25, 0.3) is 0 Å². The van der Waals surface area contributed by atoms with Crippen molar-refractivity contribution < 1.29 is 4.74 Å². The van der Waals surface area contributed by atoms with E-state index in [4.69, 9.17) is 4.74 Å². The van der Waals surface area contributed by atoms with Gasteiger partial charge in [0, 0.05) is 39.6 Å². The number of rotatable bonds is 4. The van der Waals surface area contributed by atoms with E-state index in [0.717, 1.165) is 18.2 Å². The van der Waals surface area contributed by atoms with Gasteiger partial charge in [-0.25, -0.2) is 4.98 Å². The molecule has 1 aliphatic heterocycles. The molecular formula is C12H17N7OS. The van der Waals surface area contributed by atoms with Crippen LogP contribution in [0.5, 0.6) is 0 Å². The smallest absolute Gasteiger partial charge is 0.231 e. The number of aromatic nitrogens is 5. The van der Waals surface area contributed by atoms with E-state index in [-0.39, 0.29) is 0 Å². The Labute approximate surface area is 127 Å². The van der Waals surface area contributed by atoms with Gasteiger partial charge in [-0.15, -0.1) is 0 Å². The molecule has 21 heavy (non-hydrogen) atoms. The quantitative estimate of drug-likeness (QED) is 0.881. The normalized spacial score (nSPS) is 15.2. The van der Waals surface area contributed by atoms with Crippen LogP contribution in [0.25, 0.3) is 0 Å². The number of anilines is 2. The van der Waals surface area contributed by atoms with E-state index < -0.39 is 0 Å². The first-order valence-electron chi connectivity index (χ1n) is 6.68. The highest BCUT2D eigenvalue weighted by atomic mass is 32.2. The molecule has 0 saturated carbocycles. The van der Waals surface area contributed by atoms with Gasteiger partial charge in [-0.2, -0.15) is 15.0 Å². The summed E-state index contributed by atoms with van der Waals surface area (Å²) < 4.78 is 7.29. The topological polar surface area (TPSA) is 81.0 Å². The van der Waals surface area contributed by atoms with Gasteiger partial charge >= 0.3 is 0 Å². The van der Waals surface area contributed by atoms with Crippen LogP contribution in [-0.2, 0) is 11.8 Å². The Kier molecular flexibility index (Phi) is 4.20. The van der Waals surface area contributed by atoms with Crippen molar-refractivity contribution in [2.45, 2.75) is 10.3 Å². The van der Waals surface area contributed by atoms with Gasteiger partial charge in [0.2, 0.25) is 17.1 Å². The molecule has 1 aliphatic rings. The third-order valence-electron chi connectivity index (χ3n) is 3.08. The number of hydrogen-bond acceptors (Lipinski definition) is 8. The van der Waals surface area contributed by atoms with Crippen LogP contribution in [0.15, 0.2) is 22.7 Å². The van der Waals surface area contributed by atoms with E-state index in [0.29, 0.717) is 30.3 Å². The molecule has 9 heteroatoms. The summed E-state index contributed by atoms with van der Waals surface area (Å²) in [5.74, 6) is 1.23. The van der Waals surface area contributed by atoms with Crippen molar-refractivity contribution in [2.75, 3.05) is 43.6 Å². The predicted octanol–water partition coefficient (Wildman–Crippen LogP) is 0.635. The maximum Gasteiger partial charge on any atom is 0.231 e. The standard InChI is InChI=1S/C12H17N7OS/c1-13-9-15-10(19-5-7-20-8-6-19)17-11(16-9)21-12-14-3-4-18(12)2/h3-4H,5-8H2,1-2H3,(H,13,15,16,17). The summed E-state index contributed by atoms with van der Waals surface area (Å²) in [7, 11) is 3.74. The fraction of sp³-hybridized carbons (Fsp3) is 0.500. The minimum absolute atomic E-state index is 0.559. The molecule has 3 rings (SSSR count). The van der Waals surface area contributed by atoms with Crippen molar-refractivity contribution in [3.63, 3.8) is 0 Å². The lowest BCUT2D eigenvalue weighted by atomic mass is 10.4. The van der Waals surface area contributed by atoms with Crippen LogP contribution in [-0.4, -0.2) is 57.9 Å². The summed E-state index contributed by atoms with van der Waals surface area (Å²) in [6.07, 6.45) is 3.65. The van der Waals surface area contributed by atoms with Gasteiger partial charge in [-0.1, -0.05) is 0 Å². The van der Waals surface area contributed by atoms with Gasteiger partial charge in [0.05, 0.1) is 13.2 Å². The zero-order chi connectivity index (χ0) is 14.7. The third-order valence-corrected chi connectivity index (χ3v) is 4.02. The molecular weight excluding hydrogens is 290 g/mol. The zero-order valence-corrected chi connectivity index (χ0v) is 12.8. The van der Waals surface area contributed by atoms with Crippen LogP contribution in [0.2, 0.25) is 0 Å². The molecule has 2 aromatic rings. The van der Waals surface area contributed by atoms with Crippen LogP contribution >= 0.6 is 11.8 Å². The van der Waals surface area contributed by atoms with E-state index in [1.54, 1.807) is 13.2 Å². The summed E-state index contributed by atoms with van der Waals surface area (Å²) in [4.78, 5) is 19.7. The van der Waals surface area contributed by atoms with E-state index in [1.165, 1.54) is 11.8 Å². The first-order valence-corrected chi connectivity index (χ1v) is 7.49. The zero-order valence-electron chi connectivity index (χ0n) is 12.0. The molecule has 0 spiro atoms. The highest BCUT2D eigenvalue weighted by molar-refractivity contribution is 7.99. The fourth-order valence-corrected chi connectivity index (χ4v) is 2.68. The molecule has 0 aromatic carbocycles. The molecule has 8 nitrogen and oxygen atoms in total. The lowest BCUT2D eigenvalue weighted by molar-refractivity contribution is 0.122. The summed E-state index contributed by atoms with van der Waals surface area (Å²) >= 11 is 1.42. The number of ether oxygens (including phenoxy) is 1. The molecule has 1 saturated heterocycles. The Hall–Kier alpha value is -1.87. The molecule has 0 aliphatic carbocycles. The number of nitrogens with zero attached hydrogens (tertiary/aromatic N) is 6. The molecule has 0 atom stereocenters. The van der Waals surface area contributed by atoms with Crippen LogP contribution in [0.4, 0.5) is 11.9 Å². The molecule has 0 amide bonds. The van der Waals surface area contributed by atoms with Crippen molar-refractivity contribution >= 4 is 23.7 Å². The minimum atomic E-state index is 0.559. The molecule has 112 valence electrons. The van der Waals surface area contributed by atoms with E-state index >= 15 is 0 Å². The molecule has 0 bridgehead atoms. The SMILES string of the molecule is CNc1nc(Sc2nccn2C)nc(N2CCOCC2)n1. The Balaban J connectivity index is 1.87. The molecule has 0 radical (unpaired) electrons. The summed E-state index contributed by atoms with van der Waals surface area (Å²) in [6, 6.07) is 0. The van der Waals surface area contributed by atoms with Crippen molar-refractivity contribution in [3.05, 3.63) is 12.4 Å². The third kappa shape index (κ3) is 3.24. The second kappa shape index (κ2) is 6.27. The Morgan fingerprint density at radius 1 is 1.24 bits per heavy atom. The molecule has 0 unspecified atom stereocenters. The largest absolute Gasteiger partial charge is 0.378 e. The van der Waals surface area contributed by atoms with E-state index in [2.05, 4.69) is 30.2 Å². The van der Waals surface area contributed by atoms with Gasteiger partial charge in [0.15, 0.2) is 5.16 Å². The molecule has 3 heterocycles. The second-order valence-electron chi connectivity index (χ2n) is 4.51. The van der Waals surface area contributed by atoms with Crippen LogP contribution in [0.1, 0.15) is 0 Å². The fourth-order valence-electron chi connectivity index (χ4n) is 1.94. The summed E-state index contributed by atoms with van der Waals surface area (Å²) in [6.45, 7) is 2.98. The predicted molar refractivity (Wildman–Crippen MR) is 79.7 cm³/mol. The summed E-state index contributed by atoms with van der Waals surface area (Å²) in [5.41, 5.74) is 0. The van der Waals surface area contributed by atoms with Gasteiger partial charge < -0.3 is 19.5 Å². The molecule has 2 aromatic heterocycles. The second-order valence-corrected chi connectivity index (χ2v) is 5.45. The van der Waals surface area contributed by atoms with Crippen molar-refractivity contribution in [1.82, 2.24) is 24.5 Å². The van der Waals surface area contributed by atoms with Crippen molar-refractivity contribution in [1.29, 1.82) is 0 Å². The van der Waals surface area contributed by atoms with Crippen LogP contribution in [0, 0.1) is 0 Å². The monoisotopic (exact) mass is 307 g/mol. The average molecular weight is 307 g/mol. The minimum Gasteiger partial charge on any atom is -0.378 e. The van der Waals surface area contributed by atoms with Crippen LogP contribution in [0.3, 0.4) is 0 Å². The number of hydrogen-bond donors (Lipinski definition) is 1. The maximum atomic E-state index is 5.36. The lowest BCUT2D eigenvalue weighted by Crippen LogP contribution is -2.37. The Morgan fingerprint density at radius 3 is 2.71 bits per heavy atom. The molecule has 1 N–H and O–H groups in total. The van der Waals surface area contributed by atoms with Gasteiger partial charge in [-0.3, -0.25) is 0 Å². The van der Waals surface area contributed by atoms with E-state index in [1.807, 2.05) is 17.8 Å². The average Bonchev–Trinajstić information content (AvgIpc) is 2.93. The molecule has 1 fully saturated rings. The number of morpholine rings is 1. The number of nitrogens with one attached hydrogen (secondary N) is 1. The summed E-state index contributed by atoms with van der Waals surface area (Å²) in [5, 5.41) is 4.45. The van der Waals surface area contributed by atoms with Gasteiger partial charge in [-0.05, 0) is 11.8 Å².